The number of halogens is 1. The van der Waals surface area contributed by atoms with Crippen molar-refractivity contribution in [1.82, 2.24) is 9.80 Å². The van der Waals surface area contributed by atoms with Gasteiger partial charge < -0.3 is 10.0 Å². The van der Waals surface area contributed by atoms with Gasteiger partial charge in [0.2, 0.25) is 5.91 Å². The average molecular weight is 425 g/mol. The number of thioether (sulfide) groups is 1. The fraction of sp³-hybridized carbons (Fsp3) is 0.421. The molecule has 1 aromatic carbocycles. The summed E-state index contributed by atoms with van der Waals surface area (Å²) < 4.78 is 0.386. The molecule has 1 aromatic rings. The minimum atomic E-state index is -0.256. The van der Waals surface area contributed by atoms with Gasteiger partial charge in [0.1, 0.15) is 10.9 Å². The highest BCUT2D eigenvalue weighted by Crippen LogP contribution is 2.33. The number of piperidine rings is 1. The van der Waals surface area contributed by atoms with Crippen LogP contribution in [0.3, 0.4) is 0 Å². The van der Waals surface area contributed by atoms with Gasteiger partial charge in [-0.25, -0.2) is 0 Å². The van der Waals surface area contributed by atoms with Gasteiger partial charge in [0.15, 0.2) is 0 Å². The van der Waals surface area contributed by atoms with Gasteiger partial charge in [0.05, 0.1) is 4.91 Å². The van der Waals surface area contributed by atoms with Crippen LogP contribution in [0.25, 0.3) is 6.08 Å². The van der Waals surface area contributed by atoms with Crippen molar-refractivity contribution in [3.63, 3.8) is 0 Å². The number of likely N-dealkylation sites (tertiary alicyclic amines) is 1. The van der Waals surface area contributed by atoms with Crippen molar-refractivity contribution in [3.05, 3.63) is 39.8 Å². The smallest absolute Gasteiger partial charge is 0.266 e. The number of carbonyl (C=O) groups excluding carboxylic acids is 2. The Morgan fingerprint density at radius 2 is 2.22 bits per heavy atom. The fourth-order valence-corrected chi connectivity index (χ4v) is 4.84. The second kappa shape index (κ2) is 9.19. The van der Waals surface area contributed by atoms with Gasteiger partial charge in [0.25, 0.3) is 5.91 Å². The van der Waals surface area contributed by atoms with Crippen molar-refractivity contribution >= 4 is 57.8 Å². The number of aliphatic hydroxyl groups is 1. The lowest BCUT2D eigenvalue weighted by molar-refractivity contribution is -0.138. The third-order valence-electron chi connectivity index (χ3n) is 4.72. The van der Waals surface area contributed by atoms with Crippen molar-refractivity contribution in [2.45, 2.75) is 31.7 Å². The van der Waals surface area contributed by atoms with E-state index in [0.29, 0.717) is 27.2 Å². The van der Waals surface area contributed by atoms with Crippen molar-refractivity contribution < 1.29 is 14.7 Å². The normalized spacial score (nSPS) is 22.0. The predicted molar refractivity (Wildman–Crippen MR) is 112 cm³/mol. The van der Waals surface area contributed by atoms with Crippen molar-refractivity contribution in [1.29, 1.82) is 0 Å². The Kier molecular flexibility index (Phi) is 6.92. The van der Waals surface area contributed by atoms with Crippen molar-refractivity contribution in [3.8, 4) is 0 Å². The Balaban J connectivity index is 1.70. The summed E-state index contributed by atoms with van der Waals surface area (Å²) in [5.74, 6) is -0.373. The van der Waals surface area contributed by atoms with Crippen molar-refractivity contribution in [2.75, 3.05) is 19.7 Å². The summed E-state index contributed by atoms with van der Waals surface area (Å²) in [7, 11) is 0. The van der Waals surface area contributed by atoms with Gasteiger partial charge in [-0.05, 0) is 49.5 Å². The molecule has 0 aliphatic carbocycles. The first-order valence-electron chi connectivity index (χ1n) is 8.91. The molecule has 8 heteroatoms. The van der Waals surface area contributed by atoms with Gasteiger partial charge in [-0.1, -0.05) is 47.7 Å². The zero-order valence-corrected chi connectivity index (χ0v) is 17.2. The average Bonchev–Trinajstić information content (AvgIpc) is 2.90. The number of hydrogen-bond acceptors (Lipinski definition) is 5. The summed E-state index contributed by atoms with van der Waals surface area (Å²) in [5, 5.41) is 9.83. The van der Waals surface area contributed by atoms with Crippen LogP contribution in [0, 0.1) is 0 Å². The number of hydrogen-bond donors (Lipinski definition) is 1. The zero-order chi connectivity index (χ0) is 19.4. The number of thiocarbonyl (C=S) groups is 1. The molecular weight excluding hydrogens is 404 g/mol. The number of nitrogens with zero attached hydrogens (tertiary/aromatic N) is 2. The van der Waals surface area contributed by atoms with Gasteiger partial charge in [-0.15, -0.1) is 0 Å². The largest absolute Gasteiger partial charge is 0.396 e. The van der Waals surface area contributed by atoms with E-state index in [9.17, 15) is 14.7 Å². The Morgan fingerprint density at radius 3 is 2.96 bits per heavy atom. The molecule has 0 bridgehead atoms. The molecule has 0 saturated carbocycles. The molecule has 144 valence electrons. The summed E-state index contributed by atoms with van der Waals surface area (Å²) in [6, 6.07) is 7.25. The summed E-state index contributed by atoms with van der Waals surface area (Å²) in [4.78, 5) is 29.2. The fourth-order valence-electron chi connectivity index (χ4n) is 3.39. The summed E-state index contributed by atoms with van der Waals surface area (Å²) in [6.45, 7) is 0.661. The predicted octanol–water partition coefficient (Wildman–Crippen LogP) is 3.30. The lowest BCUT2D eigenvalue weighted by Crippen LogP contribution is -2.49. The Bertz CT molecular complexity index is 782. The van der Waals surface area contributed by atoms with Crippen LogP contribution in [0.4, 0.5) is 0 Å². The first-order chi connectivity index (χ1) is 13.0. The molecule has 2 aliphatic heterocycles. The van der Waals surface area contributed by atoms with E-state index in [0.717, 1.165) is 24.8 Å². The molecule has 2 heterocycles. The quantitative estimate of drug-likeness (QED) is 0.580. The van der Waals surface area contributed by atoms with E-state index in [1.165, 1.54) is 16.7 Å². The van der Waals surface area contributed by atoms with Gasteiger partial charge in [-0.3, -0.25) is 14.5 Å². The molecule has 5 nitrogen and oxygen atoms in total. The van der Waals surface area contributed by atoms with Crippen LogP contribution in [-0.4, -0.2) is 56.8 Å². The molecule has 1 N–H and O–H groups in total. The minimum absolute atomic E-state index is 0.0386. The Labute approximate surface area is 173 Å². The Hall–Kier alpha value is -1.41. The van der Waals surface area contributed by atoms with E-state index in [-0.39, 0.29) is 31.0 Å². The maximum atomic E-state index is 12.8. The highest BCUT2D eigenvalue weighted by molar-refractivity contribution is 8.26. The molecule has 3 rings (SSSR count). The number of rotatable bonds is 5. The molecule has 1 unspecified atom stereocenters. The van der Waals surface area contributed by atoms with E-state index < -0.39 is 0 Å². The van der Waals surface area contributed by atoms with Crippen LogP contribution in [0.2, 0.25) is 5.02 Å². The second-order valence-corrected chi connectivity index (χ2v) is 8.68. The van der Waals surface area contributed by atoms with E-state index in [1.54, 1.807) is 23.1 Å². The highest BCUT2D eigenvalue weighted by atomic mass is 35.5. The minimum Gasteiger partial charge on any atom is -0.396 e. The number of amides is 2. The highest BCUT2D eigenvalue weighted by Gasteiger charge is 2.36. The number of aliphatic hydroxyl groups excluding tert-OH is 1. The van der Waals surface area contributed by atoms with Crippen LogP contribution >= 0.6 is 35.6 Å². The van der Waals surface area contributed by atoms with Gasteiger partial charge >= 0.3 is 0 Å². The summed E-state index contributed by atoms with van der Waals surface area (Å²) in [6.07, 6.45) is 5.20. The monoisotopic (exact) mass is 424 g/mol. The molecule has 27 heavy (non-hydrogen) atoms. The molecule has 2 saturated heterocycles. The number of carbonyl (C=O) groups is 2. The third-order valence-corrected chi connectivity index (χ3v) is 6.34. The lowest BCUT2D eigenvalue weighted by Gasteiger charge is -2.36. The van der Waals surface area contributed by atoms with E-state index >= 15 is 0 Å². The Morgan fingerprint density at radius 1 is 1.41 bits per heavy atom. The third kappa shape index (κ3) is 4.90. The number of benzene rings is 1. The van der Waals surface area contributed by atoms with Crippen LogP contribution in [0.5, 0.6) is 0 Å². The van der Waals surface area contributed by atoms with Gasteiger partial charge in [-0.2, -0.15) is 0 Å². The van der Waals surface area contributed by atoms with Crippen LogP contribution in [0.15, 0.2) is 29.2 Å². The second-order valence-electron chi connectivity index (χ2n) is 6.57. The maximum Gasteiger partial charge on any atom is 0.266 e. The summed E-state index contributed by atoms with van der Waals surface area (Å²) >= 11 is 12.5. The molecule has 0 spiro atoms. The topological polar surface area (TPSA) is 60.9 Å². The first kappa shape index (κ1) is 20.3. The molecule has 2 aliphatic rings. The van der Waals surface area contributed by atoms with E-state index in [4.69, 9.17) is 23.8 Å². The SMILES string of the molecule is O=C1/C(=C/c2cccc(Cl)c2)SC(=S)N1CC(=O)N1CCCCC1CCO. The van der Waals surface area contributed by atoms with Gasteiger partial charge in [0, 0.05) is 24.2 Å². The molecule has 2 amide bonds. The van der Waals surface area contributed by atoms with Crippen LogP contribution in [-0.2, 0) is 9.59 Å². The molecule has 1 atom stereocenters. The maximum absolute atomic E-state index is 12.8. The molecule has 0 radical (unpaired) electrons. The first-order valence-corrected chi connectivity index (χ1v) is 10.5. The zero-order valence-electron chi connectivity index (χ0n) is 14.8. The molecule has 0 aromatic heterocycles. The standard InChI is InChI=1S/C19H21ClN2O3S2/c20-14-5-3-4-13(10-14)11-16-18(25)22(19(26)27-16)12-17(24)21-8-2-1-6-15(21)7-9-23/h3-5,10-11,15,23H,1-2,6-9,12H2/b16-11-. The summed E-state index contributed by atoms with van der Waals surface area (Å²) in [5.41, 5.74) is 0.813. The van der Waals surface area contributed by atoms with Crippen LogP contribution < -0.4 is 0 Å². The van der Waals surface area contributed by atoms with E-state index in [2.05, 4.69) is 0 Å². The van der Waals surface area contributed by atoms with Crippen LogP contribution in [0.1, 0.15) is 31.2 Å². The lowest BCUT2D eigenvalue weighted by atomic mass is 9.99. The van der Waals surface area contributed by atoms with E-state index in [1.807, 2.05) is 12.1 Å². The van der Waals surface area contributed by atoms with Crippen molar-refractivity contribution in [2.24, 2.45) is 0 Å². The molecule has 2 fully saturated rings. The molecular formula is C19H21ClN2O3S2.